The number of carbonyl (C=O) groups is 2. The zero-order chi connectivity index (χ0) is 20.0. The Kier molecular flexibility index (Phi) is 6.15. The summed E-state index contributed by atoms with van der Waals surface area (Å²) >= 11 is 0. The molecule has 2 aromatic carbocycles. The van der Waals surface area contributed by atoms with Crippen molar-refractivity contribution < 1.29 is 33.8 Å². The molecule has 0 bridgehead atoms. The summed E-state index contributed by atoms with van der Waals surface area (Å²) in [5.74, 6) is -1.85. The quantitative estimate of drug-likeness (QED) is 0.426. The smallest absolute Gasteiger partial charge is 0.342 e. The second-order valence-electron chi connectivity index (χ2n) is 5.12. The number of phenols is 1. The van der Waals surface area contributed by atoms with Crippen LogP contribution in [-0.2, 0) is 9.53 Å². The van der Waals surface area contributed by atoms with Gasteiger partial charge in [0, 0.05) is 6.07 Å². The summed E-state index contributed by atoms with van der Waals surface area (Å²) < 4.78 is 14.8. The maximum atomic E-state index is 12.0. The molecule has 142 valence electrons. The van der Waals surface area contributed by atoms with Gasteiger partial charge >= 0.3 is 5.97 Å². The number of carbonyl (C=O) groups excluding carboxylic acids is 2. The summed E-state index contributed by atoms with van der Waals surface area (Å²) in [4.78, 5) is 34.2. The fourth-order valence-corrected chi connectivity index (χ4v) is 2.14. The van der Waals surface area contributed by atoms with Crippen molar-refractivity contribution in [1.82, 2.24) is 0 Å². The topological polar surface area (TPSA) is 137 Å². The molecule has 0 aliphatic rings. The number of hydrogen-bond donors (Lipinski definition) is 2. The monoisotopic (exact) mass is 376 g/mol. The van der Waals surface area contributed by atoms with Crippen molar-refractivity contribution in [2.45, 2.75) is 0 Å². The van der Waals surface area contributed by atoms with E-state index in [2.05, 4.69) is 5.32 Å². The van der Waals surface area contributed by atoms with Crippen LogP contribution in [0.25, 0.3) is 0 Å². The number of benzene rings is 2. The molecule has 1 amide bonds. The lowest BCUT2D eigenvalue weighted by Crippen LogP contribution is -2.21. The van der Waals surface area contributed by atoms with Gasteiger partial charge in [0.05, 0.1) is 30.9 Å². The number of amides is 1. The Morgan fingerprint density at radius 1 is 1.15 bits per heavy atom. The highest BCUT2D eigenvalue weighted by molar-refractivity contribution is 5.97. The Morgan fingerprint density at radius 2 is 1.85 bits per heavy atom. The third-order valence-electron chi connectivity index (χ3n) is 3.44. The van der Waals surface area contributed by atoms with Gasteiger partial charge in [-0.05, 0) is 18.2 Å². The van der Waals surface area contributed by atoms with Gasteiger partial charge in [-0.2, -0.15) is 0 Å². The normalized spacial score (nSPS) is 10.0. The third-order valence-corrected chi connectivity index (χ3v) is 3.44. The number of esters is 1. The molecule has 0 aliphatic heterocycles. The molecule has 0 aromatic heterocycles. The van der Waals surface area contributed by atoms with Gasteiger partial charge in [-0.25, -0.2) is 4.79 Å². The number of ether oxygens (including phenoxy) is 3. The molecular formula is C17H16N2O8. The summed E-state index contributed by atoms with van der Waals surface area (Å²) in [6.45, 7) is -0.643. The minimum Gasteiger partial charge on any atom is -0.504 e. The number of hydrogen-bond acceptors (Lipinski definition) is 8. The van der Waals surface area contributed by atoms with Crippen LogP contribution in [0.15, 0.2) is 36.4 Å². The highest BCUT2D eigenvalue weighted by Crippen LogP contribution is 2.30. The van der Waals surface area contributed by atoms with Crippen molar-refractivity contribution in [2.24, 2.45) is 0 Å². The lowest BCUT2D eigenvalue weighted by molar-refractivity contribution is -0.384. The number of non-ortho nitro benzene ring substituents is 1. The molecule has 10 heteroatoms. The van der Waals surface area contributed by atoms with E-state index in [1.165, 1.54) is 44.6 Å². The van der Waals surface area contributed by atoms with Gasteiger partial charge in [0.25, 0.3) is 11.6 Å². The van der Waals surface area contributed by atoms with Gasteiger partial charge in [0.15, 0.2) is 18.1 Å². The number of nitro groups is 1. The van der Waals surface area contributed by atoms with Crippen molar-refractivity contribution in [3.05, 3.63) is 52.1 Å². The third kappa shape index (κ3) is 4.63. The van der Waals surface area contributed by atoms with Crippen molar-refractivity contribution in [3.63, 3.8) is 0 Å². The van der Waals surface area contributed by atoms with Crippen LogP contribution in [0.4, 0.5) is 11.4 Å². The van der Waals surface area contributed by atoms with E-state index in [4.69, 9.17) is 14.2 Å². The maximum absolute atomic E-state index is 12.0. The Hall–Kier alpha value is -3.82. The zero-order valence-corrected chi connectivity index (χ0v) is 14.4. The first-order valence-corrected chi connectivity index (χ1v) is 7.52. The molecule has 10 nitrogen and oxygen atoms in total. The van der Waals surface area contributed by atoms with E-state index in [9.17, 15) is 24.8 Å². The molecular weight excluding hydrogens is 360 g/mol. The molecule has 0 unspecified atom stereocenters. The Morgan fingerprint density at radius 3 is 2.48 bits per heavy atom. The van der Waals surface area contributed by atoms with Crippen LogP contribution in [0, 0.1) is 10.1 Å². The molecule has 0 spiro atoms. The number of phenolic OH excluding ortho intramolecular Hbond substituents is 1. The van der Waals surface area contributed by atoms with E-state index < -0.39 is 29.2 Å². The van der Waals surface area contributed by atoms with Gasteiger partial charge in [0.1, 0.15) is 11.3 Å². The molecule has 2 N–H and O–H groups in total. The predicted molar refractivity (Wildman–Crippen MR) is 93.2 cm³/mol. The minimum absolute atomic E-state index is 0.0781. The summed E-state index contributed by atoms with van der Waals surface area (Å²) in [7, 11) is 2.62. The van der Waals surface area contributed by atoms with Gasteiger partial charge in [-0.15, -0.1) is 0 Å². The highest BCUT2D eigenvalue weighted by atomic mass is 16.6. The molecule has 0 radical (unpaired) electrons. The van der Waals surface area contributed by atoms with E-state index in [1.54, 1.807) is 0 Å². The van der Waals surface area contributed by atoms with Crippen LogP contribution < -0.4 is 14.8 Å². The molecule has 0 saturated heterocycles. The maximum Gasteiger partial charge on any atom is 0.342 e. The molecule has 27 heavy (non-hydrogen) atoms. The van der Waals surface area contributed by atoms with Crippen LogP contribution in [0.2, 0.25) is 0 Å². The van der Waals surface area contributed by atoms with Crippen molar-refractivity contribution in [1.29, 1.82) is 0 Å². The fourth-order valence-electron chi connectivity index (χ4n) is 2.14. The van der Waals surface area contributed by atoms with Gasteiger partial charge in [-0.3, -0.25) is 14.9 Å². The lowest BCUT2D eigenvalue weighted by Gasteiger charge is -2.11. The van der Waals surface area contributed by atoms with E-state index in [0.717, 1.165) is 6.07 Å². The van der Waals surface area contributed by atoms with Gasteiger partial charge in [0.2, 0.25) is 0 Å². The van der Waals surface area contributed by atoms with Gasteiger partial charge in [-0.1, -0.05) is 6.07 Å². The van der Waals surface area contributed by atoms with Crippen molar-refractivity contribution in [3.8, 4) is 17.2 Å². The van der Waals surface area contributed by atoms with Crippen molar-refractivity contribution >= 4 is 23.3 Å². The summed E-state index contributed by atoms with van der Waals surface area (Å²) in [6, 6.07) is 7.90. The average Bonchev–Trinajstić information content (AvgIpc) is 2.66. The minimum atomic E-state index is -0.919. The first-order chi connectivity index (χ1) is 12.9. The lowest BCUT2D eigenvalue weighted by atomic mass is 10.2. The molecule has 0 fully saturated rings. The molecule has 0 atom stereocenters. The first-order valence-electron chi connectivity index (χ1n) is 7.52. The van der Waals surface area contributed by atoms with Crippen LogP contribution in [0.3, 0.4) is 0 Å². The number of rotatable bonds is 7. The Bertz CT molecular complexity index is 881. The number of para-hydroxylation sites is 1. The number of aromatic hydroxyl groups is 1. The first kappa shape index (κ1) is 19.5. The number of nitrogens with zero attached hydrogens (tertiary/aromatic N) is 1. The second kappa shape index (κ2) is 8.52. The average molecular weight is 376 g/mol. The Balaban J connectivity index is 2.02. The van der Waals surface area contributed by atoms with E-state index >= 15 is 0 Å². The largest absolute Gasteiger partial charge is 0.504 e. The Labute approximate surface area is 153 Å². The van der Waals surface area contributed by atoms with Crippen LogP contribution in [0.1, 0.15) is 10.4 Å². The molecule has 0 aliphatic carbocycles. The highest BCUT2D eigenvalue weighted by Gasteiger charge is 2.18. The number of anilines is 1. The molecule has 0 heterocycles. The van der Waals surface area contributed by atoms with Crippen LogP contribution >= 0.6 is 0 Å². The SMILES string of the molecule is COc1cc([N+](=O)[O-])ccc1NC(=O)COC(=O)c1cccc(OC)c1O. The van der Waals surface area contributed by atoms with Crippen molar-refractivity contribution in [2.75, 3.05) is 26.1 Å². The number of nitro benzene ring substituents is 1. The predicted octanol–water partition coefficient (Wildman–Crippen LogP) is 2.11. The summed E-state index contributed by atoms with van der Waals surface area (Å²) in [5.41, 5.74) is -0.187. The molecule has 2 rings (SSSR count). The fraction of sp³-hybridized carbons (Fsp3) is 0.176. The summed E-state index contributed by atoms with van der Waals surface area (Å²) in [6.07, 6.45) is 0. The number of methoxy groups -OCH3 is 2. The van der Waals surface area contributed by atoms with E-state index in [0.29, 0.717) is 0 Å². The number of nitrogens with one attached hydrogen (secondary N) is 1. The summed E-state index contributed by atoms with van der Waals surface area (Å²) in [5, 5.41) is 23.1. The van der Waals surface area contributed by atoms with E-state index in [1.807, 2.05) is 0 Å². The standard InChI is InChI=1S/C17H16N2O8/c1-25-13-5-3-4-11(16(13)21)17(22)27-9-15(20)18-12-7-6-10(19(23)24)8-14(12)26-2/h3-8,21H,9H2,1-2H3,(H,18,20). The van der Waals surface area contributed by atoms with Crippen LogP contribution in [0.5, 0.6) is 17.2 Å². The van der Waals surface area contributed by atoms with Gasteiger partial charge < -0.3 is 24.6 Å². The second-order valence-corrected chi connectivity index (χ2v) is 5.12. The molecule has 2 aromatic rings. The van der Waals surface area contributed by atoms with Crippen LogP contribution in [-0.4, -0.2) is 42.7 Å². The zero-order valence-electron chi connectivity index (χ0n) is 14.4. The molecule has 0 saturated carbocycles. The van der Waals surface area contributed by atoms with E-state index in [-0.39, 0.29) is 28.4 Å².